The maximum Gasteiger partial charge on any atom is 0.224 e. The molecule has 0 aliphatic rings. The number of benzene rings is 2. The molecule has 0 bridgehead atoms. The Hall–Kier alpha value is -2.00. The van der Waals surface area contributed by atoms with Gasteiger partial charge in [-0.2, -0.15) is 0 Å². The molecule has 3 nitrogen and oxygen atoms in total. The van der Waals surface area contributed by atoms with Gasteiger partial charge >= 0.3 is 0 Å². The largest absolute Gasteiger partial charge is 0.378 e. The van der Waals surface area contributed by atoms with Gasteiger partial charge in [0.2, 0.25) is 5.91 Å². The molecule has 0 radical (unpaired) electrons. The lowest BCUT2D eigenvalue weighted by atomic mass is 10.1. The van der Waals surface area contributed by atoms with Crippen molar-refractivity contribution in [2.45, 2.75) is 19.4 Å². The molecule has 0 spiro atoms. The molecule has 0 saturated heterocycles. The van der Waals surface area contributed by atoms with Crippen molar-refractivity contribution in [3.63, 3.8) is 0 Å². The van der Waals surface area contributed by atoms with Gasteiger partial charge in [0.05, 0.1) is 6.42 Å². The summed E-state index contributed by atoms with van der Waals surface area (Å²) in [6.07, 6.45) is 0.400. The Labute approximate surface area is 130 Å². The van der Waals surface area contributed by atoms with Crippen LogP contribution in [-0.2, 0) is 11.2 Å². The van der Waals surface area contributed by atoms with Crippen LogP contribution in [0.4, 0.5) is 5.69 Å². The van der Waals surface area contributed by atoms with E-state index in [4.69, 9.17) is 11.6 Å². The van der Waals surface area contributed by atoms with E-state index in [0.717, 1.165) is 21.8 Å². The Morgan fingerprint density at radius 2 is 1.81 bits per heavy atom. The van der Waals surface area contributed by atoms with Crippen LogP contribution < -0.4 is 10.6 Å². The lowest BCUT2D eigenvalue weighted by Crippen LogP contribution is -2.19. The van der Waals surface area contributed by atoms with E-state index in [1.807, 2.05) is 48.5 Å². The topological polar surface area (TPSA) is 41.1 Å². The van der Waals surface area contributed by atoms with Gasteiger partial charge < -0.3 is 10.6 Å². The number of halogens is 1. The van der Waals surface area contributed by atoms with E-state index < -0.39 is 0 Å². The van der Waals surface area contributed by atoms with Gasteiger partial charge in [-0.25, -0.2) is 0 Å². The van der Waals surface area contributed by atoms with Crippen LogP contribution in [-0.4, -0.2) is 13.0 Å². The number of anilines is 1. The lowest BCUT2D eigenvalue weighted by molar-refractivity contribution is -0.119. The molecule has 0 heterocycles. The number of nitrogens with one attached hydrogen (secondary N) is 2. The molecular weight excluding hydrogens is 284 g/mol. The van der Waals surface area contributed by atoms with Gasteiger partial charge in [0, 0.05) is 23.8 Å². The second kappa shape index (κ2) is 7.14. The third kappa shape index (κ3) is 4.23. The average Bonchev–Trinajstić information content (AvgIpc) is 2.49. The minimum absolute atomic E-state index is 0.0140. The Morgan fingerprint density at radius 3 is 2.43 bits per heavy atom. The van der Waals surface area contributed by atoms with Crippen LogP contribution >= 0.6 is 11.6 Å². The Bertz CT molecular complexity index is 610. The summed E-state index contributed by atoms with van der Waals surface area (Å²) in [5.41, 5.74) is 3.06. The molecule has 1 atom stereocenters. The summed E-state index contributed by atoms with van der Waals surface area (Å²) in [4.78, 5) is 11.3. The van der Waals surface area contributed by atoms with Gasteiger partial charge in [0.25, 0.3) is 0 Å². The Morgan fingerprint density at radius 1 is 1.14 bits per heavy atom. The number of carbonyl (C=O) groups excluding carboxylic acids is 1. The molecule has 4 heteroatoms. The van der Waals surface area contributed by atoms with Crippen molar-refractivity contribution < 1.29 is 4.79 Å². The molecule has 0 aromatic heterocycles. The van der Waals surface area contributed by atoms with Crippen molar-refractivity contribution in [1.29, 1.82) is 0 Å². The summed E-state index contributed by atoms with van der Waals surface area (Å²) in [5.74, 6) is 0.0140. The van der Waals surface area contributed by atoms with E-state index >= 15 is 0 Å². The van der Waals surface area contributed by atoms with Crippen LogP contribution in [0, 0.1) is 0 Å². The quantitative estimate of drug-likeness (QED) is 0.882. The fraction of sp³-hybridized carbons (Fsp3) is 0.235. The highest BCUT2D eigenvalue weighted by Crippen LogP contribution is 2.25. The zero-order valence-corrected chi connectivity index (χ0v) is 12.9. The number of hydrogen-bond donors (Lipinski definition) is 2. The minimum Gasteiger partial charge on any atom is -0.378 e. The summed E-state index contributed by atoms with van der Waals surface area (Å²) < 4.78 is 0. The summed E-state index contributed by atoms with van der Waals surface area (Å²) >= 11 is 6.20. The average molecular weight is 303 g/mol. The number of likely N-dealkylation sites (N-methyl/N-ethyl adjacent to an activating group) is 1. The normalized spacial score (nSPS) is 11.8. The van der Waals surface area contributed by atoms with Crippen molar-refractivity contribution >= 4 is 23.2 Å². The molecule has 110 valence electrons. The monoisotopic (exact) mass is 302 g/mol. The molecule has 2 rings (SSSR count). The highest BCUT2D eigenvalue weighted by molar-refractivity contribution is 6.31. The number of carbonyl (C=O) groups is 1. The number of rotatable bonds is 5. The molecule has 2 aromatic carbocycles. The third-order valence-electron chi connectivity index (χ3n) is 3.35. The molecule has 2 N–H and O–H groups in total. The van der Waals surface area contributed by atoms with Gasteiger partial charge in [-0.1, -0.05) is 41.9 Å². The highest BCUT2D eigenvalue weighted by atomic mass is 35.5. The van der Waals surface area contributed by atoms with E-state index in [1.165, 1.54) is 0 Å². The van der Waals surface area contributed by atoms with Crippen molar-refractivity contribution in [1.82, 2.24) is 5.32 Å². The van der Waals surface area contributed by atoms with Gasteiger partial charge in [0.15, 0.2) is 0 Å². The molecule has 1 amide bonds. The Kier molecular flexibility index (Phi) is 5.23. The standard InChI is InChI=1S/C17H19ClN2O/c1-12(15-5-3-4-6-16(15)18)20-14-9-7-13(8-10-14)11-17(21)19-2/h3-10,12,20H,11H2,1-2H3,(H,19,21). The fourth-order valence-corrected chi connectivity index (χ4v) is 2.45. The third-order valence-corrected chi connectivity index (χ3v) is 3.70. The first-order valence-electron chi connectivity index (χ1n) is 6.90. The van der Waals surface area contributed by atoms with E-state index in [0.29, 0.717) is 6.42 Å². The second-order valence-electron chi connectivity index (χ2n) is 4.93. The van der Waals surface area contributed by atoms with Crippen LogP contribution in [0.5, 0.6) is 0 Å². The van der Waals surface area contributed by atoms with E-state index in [9.17, 15) is 4.79 Å². The number of amides is 1. The SMILES string of the molecule is CNC(=O)Cc1ccc(NC(C)c2ccccc2Cl)cc1. The molecule has 0 aliphatic carbocycles. The first-order valence-corrected chi connectivity index (χ1v) is 7.28. The van der Waals surface area contributed by atoms with Crippen LogP contribution in [0.2, 0.25) is 5.02 Å². The van der Waals surface area contributed by atoms with E-state index in [1.54, 1.807) is 7.05 Å². The minimum atomic E-state index is 0.0140. The fourth-order valence-electron chi connectivity index (χ4n) is 2.15. The molecule has 2 aromatic rings. The van der Waals surface area contributed by atoms with Gasteiger partial charge in [-0.05, 0) is 36.2 Å². The van der Waals surface area contributed by atoms with E-state index in [-0.39, 0.29) is 11.9 Å². The zero-order chi connectivity index (χ0) is 15.2. The zero-order valence-electron chi connectivity index (χ0n) is 12.2. The van der Waals surface area contributed by atoms with Crippen LogP contribution in [0.1, 0.15) is 24.1 Å². The summed E-state index contributed by atoms with van der Waals surface area (Å²) in [7, 11) is 1.64. The first-order chi connectivity index (χ1) is 10.1. The molecular formula is C17H19ClN2O. The maximum atomic E-state index is 11.3. The first kappa shape index (κ1) is 15.4. The Balaban J connectivity index is 2.03. The highest BCUT2D eigenvalue weighted by Gasteiger charge is 2.09. The molecule has 21 heavy (non-hydrogen) atoms. The molecule has 0 aliphatic heterocycles. The van der Waals surface area contributed by atoms with Crippen LogP contribution in [0.3, 0.4) is 0 Å². The van der Waals surface area contributed by atoms with Crippen molar-refractivity contribution in [2.24, 2.45) is 0 Å². The molecule has 0 saturated carbocycles. The van der Waals surface area contributed by atoms with Crippen molar-refractivity contribution in [3.8, 4) is 0 Å². The number of hydrogen-bond acceptors (Lipinski definition) is 2. The predicted molar refractivity (Wildman–Crippen MR) is 87.7 cm³/mol. The summed E-state index contributed by atoms with van der Waals surface area (Å²) in [6.45, 7) is 2.07. The smallest absolute Gasteiger partial charge is 0.224 e. The molecule has 1 unspecified atom stereocenters. The van der Waals surface area contributed by atoms with Crippen molar-refractivity contribution in [3.05, 3.63) is 64.7 Å². The molecule has 0 fully saturated rings. The lowest BCUT2D eigenvalue weighted by Gasteiger charge is -2.17. The van der Waals surface area contributed by atoms with Crippen LogP contribution in [0.15, 0.2) is 48.5 Å². The van der Waals surface area contributed by atoms with Gasteiger partial charge in [0.1, 0.15) is 0 Å². The predicted octanol–water partition coefficient (Wildman–Crippen LogP) is 3.80. The van der Waals surface area contributed by atoms with Crippen molar-refractivity contribution in [2.75, 3.05) is 12.4 Å². The summed E-state index contributed by atoms with van der Waals surface area (Å²) in [6, 6.07) is 15.8. The van der Waals surface area contributed by atoms with Crippen LogP contribution in [0.25, 0.3) is 0 Å². The van der Waals surface area contributed by atoms with E-state index in [2.05, 4.69) is 17.6 Å². The maximum absolute atomic E-state index is 11.3. The second-order valence-corrected chi connectivity index (χ2v) is 5.34. The van der Waals surface area contributed by atoms with Gasteiger partial charge in [-0.3, -0.25) is 4.79 Å². The van der Waals surface area contributed by atoms with Gasteiger partial charge in [-0.15, -0.1) is 0 Å². The summed E-state index contributed by atoms with van der Waals surface area (Å²) in [5, 5.41) is 6.79.